The van der Waals surface area contributed by atoms with E-state index in [4.69, 9.17) is 5.11 Å². The standard InChI is InChI=1S/C7H14FNO2/c1-5-7(11,4-8)2-6(3-10)9-5/h5-6,9-11H,2-4H2,1H3/t5-,6-,7-/m0/s1. The lowest BCUT2D eigenvalue weighted by atomic mass is 9.96. The zero-order valence-electron chi connectivity index (χ0n) is 6.55. The molecule has 0 aliphatic carbocycles. The summed E-state index contributed by atoms with van der Waals surface area (Å²) in [6, 6.07) is -0.435. The van der Waals surface area contributed by atoms with Crippen LogP contribution in [0.25, 0.3) is 0 Å². The minimum atomic E-state index is -1.27. The van der Waals surface area contributed by atoms with E-state index in [-0.39, 0.29) is 18.7 Å². The van der Waals surface area contributed by atoms with Crippen LogP contribution in [0.5, 0.6) is 0 Å². The first-order valence-corrected chi connectivity index (χ1v) is 3.77. The fourth-order valence-electron chi connectivity index (χ4n) is 1.46. The van der Waals surface area contributed by atoms with Gasteiger partial charge in [0.05, 0.1) is 6.61 Å². The number of nitrogens with one attached hydrogen (secondary N) is 1. The second-order valence-electron chi connectivity index (χ2n) is 3.21. The second kappa shape index (κ2) is 3.05. The lowest BCUT2D eigenvalue weighted by Crippen LogP contribution is -2.42. The van der Waals surface area contributed by atoms with Crippen LogP contribution in [-0.4, -0.2) is 41.2 Å². The molecule has 1 saturated heterocycles. The van der Waals surface area contributed by atoms with Gasteiger partial charge in [-0.25, -0.2) is 4.39 Å². The molecular formula is C7H14FNO2. The quantitative estimate of drug-likeness (QED) is 0.511. The summed E-state index contributed by atoms with van der Waals surface area (Å²) in [4.78, 5) is 0. The molecule has 0 unspecified atom stereocenters. The summed E-state index contributed by atoms with van der Waals surface area (Å²) in [5.74, 6) is 0. The van der Waals surface area contributed by atoms with Crippen molar-refractivity contribution in [3.05, 3.63) is 0 Å². The van der Waals surface area contributed by atoms with Gasteiger partial charge in [0, 0.05) is 12.1 Å². The van der Waals surface area contributed by atoms with Crippen molar-refractivity contribution in [3.8, 4) is 0 Å². The number of halogens is 1. The third-order valence-corrected chi connectivity index (χ3v) is 2.34. The van der Waals surface area contributed by atoms with Gasteiger partial charge in [-0.15, -0.1) is 0 Å². The molecule has 1 aliphatic rings. The molecule has 1 fully saturated rings. The summed E-state index contributed by atoms with van der Waals surface area (Å²) >= 11 is 0. The van der Waals surface area contributed by atoms with E-state index in [0.717, 1.165) is 0 Å². The van der Waals surface area contributed by atoms with Crippen molar-refractivity contribution in [2.45, 2.75) is 31.0 Å². The van der Waals surface area contributed by atoms with E-state index in [9.17, 15) is 9.50 Å². The van der Waals surface area contributed by atoms with Crippen molar-refractivity contribution in [1.82, 2.24) is 5.32 Å². The molecule has 0 saturated carbocycles. The highest BCUT2D eigenvalue weighted by Crippen LogP contribution is 2.25. The van der Waals surface area contributed by atoms with E-state index in [0.29, 0.717) is 6.42 Å². The van der Waals surface area contributed by atoms with Crippen LogP contribution in [0, 0.1) is 0 Å². The predicted octanol–water partition coefficient (Wildman–Crippen LogP) is -0.570. The Morgan fingerprint density at radius 3 is 2.64 bits per heavy atom. The number of hydrogen-bond donors (Lipinski definition) is 3. The molecule has 0 aromatic heterocycles. The summed E-state index contributed by atoms with van der Waals surface area (Å²) in [6.07, 6.45) is 0.293. The van der Waals surface area contributed by atoms with Crippen molar-refractivity contribution in [3.63, 3.8) is 0 Å². The Morgan fingerprint density at radius 1 is 1.73 bits per heavy atom. The molecule has 0 bridgehead atoms. The fraction of sp³-hybridized carbons (Fsp3) is 1.00. The monoisotopic (exact) mass is 163 g/mol. The van der Waals surface area contributed by atoms with E-state index in [2.05, 4.69) is 5.32 Å². The van der Waals surface area contributed by atoms with Gasteiger partial charge >= 0.3 is 0 Å². The maximum Gasteiger partial charge on any atom is 0.120 e. The summed E-state index contributed by atoms with van der Waals surface area (Å²) < 4.78 is 12.3. The first kappa shape index (κ1) is 8.90. The van der Waals surface area contributed by atoms with E-state index in [1.54, 1.807) is 6.92 Å². The molecule has 11 heavy (non-hydrogen) atoms. The molecule has 3 atom stereocenters. The van der Waals surface area contributed by atoms with Gasteiger partial charge in [0.1, 0.15) is 12.3 Å². The average Bonchev–Trinajstić information content (AvgIpc) is 2.29. The Balaban J connectivity index is 2.57. The first-order valence-electron chi connectivity index (χ1n) is 3.77. The van der Waals surface area contributed by atoms with Gasteiger partial charge in [0.25, 0.3) is 0 Å². The third-order valence-electron chi connectivity index (χ3n) is 2.34. The second-order valence-corrected chi connectivity index (χ2v) is 3.21. The highest BCUT2D eigenvalue weighted by atomic mass is 19.1. The molecular weight excluding hydrogens is 149 g/mol. The van der Waals surface area contributed by atoms with Crippen LogP contribution in [0.15, 0.2) is 0 Å². The summed E-state index contributed by atoms with van der Waals surface area (Å²) in [6.45, 7) is 0.916. The normalized spacial score (nSPS) is 44.7. The zero-order valence-corrected chi connectivity index (χ0v) is 6.55. The number of aliphatic hydroxyl groups excluding tert-OH is 1. The highest BCUT2D eigenvalue weighted by molar-refractivity contribution is 4.99. The fourth-order valence-corrected chi connectivity index (χ4v) is 1.46. The van der Waals surface area contributed by atoms with Gasteiger partial charge in [-0.05, 0) is 13.3 Å². The van der Waals surface area contributed by atoms with Gasteiger partial charge in [-0.2, -0.15) is 0 Å². The molecule has 3 nitrogen and oxygen atoms in total. The van der Waals surface area contributed by atoms with Gasteiger partial charge in [0.2, 0.25) is 0 Å². The van der Waals surface area contributed by atoms with Crippen LogP contribution in [0.3, 0.4) is 0 Å². The smallest absolute Gasteiger partial charge is 0.120 e. The molecule has 3 N–H and O–H groups in total. The molecule has 0 aromatic carbocycles. The SMILES string of the molecule is C[C@@H]1N[C@H](CO)C[C@]1(O)CF. The van der Waals surface area contributed by atoms with Crippen LogP contribution in [0.4, 0.5) is 4.39 Å². The van der Waals surface area contributed by atoms with Crippen molar-refractivity contribution < 1.29 is 14.6 Å². The van der Waals surface area contributed by atoms with Gasteiger partial charge in [0.15, 0.2) is 0 Å². The molecule has 1 aliphatic heterocycles. The van der Waals surface area contributed by atoms with E-state index in [1.165, 1.54) is 0 Å². The maximum atomic E-state index is 12.3. The molecule has 0 aromatic rings. The van der Waals surface area contributed by atoms with Gasteiger partial charge < -0.3 is 15.5 Å². The van der Waals surface area contributed by atoms with Crippen LogP contribution in [0.1, 0.15) is 13.3 Å². The van der Waals surface area contributed by atoms with E-state index < -0.39 is 12.3 Å². The number of rotatable bonds is 2. The van der Waals surface area contributed by atoms with Gasteiger partial charge in [-0.1, -0.05) is 0 Å². The average molecular weight is 163 g/mol. The molecule has 0 radical (unpaired) electrons. The minimum Gasteiger partial charge on any atom is -0.395 e. The lowest BCUT2D eigenvalue weighted by molar-refractivity contribution is 0.00694. The molecule has 0 amide bonds. The van der Waals surface area contributed by atoms with Crippen molar-refractivity contribution in [2.24, 2.45) is 0 Å². The summed E-state index contributed by atoms with van der Waals surface area (Å²) in [5.41, 5.74) is -1.27. The van der Waals surface area contributed by atoms with Crippen molar-refractivity contribution >= 4 is 0 Å². The van der Waals surface area contributed by atoms with Crippen LogP contribution in [0.2, 0.25) is 0 Å². The van der Waals surface area contributed by atoms with Crippen LogP contribution < -0.4 is 5.32 Å². The van der Waals surface area contributed by atoms with Crippen molar-refractivity contribution in [1.29, 1.82) is 0 Å². The summed E-state index contributed by atoms with van der Waals surface area (Å²) in [5, 5.41) is 21.1. The lowest BCUT2D eigenvalue weighted by Gasteiger charge is -2.22. The first-order chi connectivity index (χ1) is 5.12. The van der Waals surface area contributed by atoms with E-state index in [1.807, 2.05) is 0 Å². The Kier molecular flexibility index (Phi) is 2.47. The molecule has 1 heterocycles. The largest absolute Gasteiger partial charge is 0.395 e. The Hall–Kier alpha value is -0.190. The number of alkyl halides is 1. The molecule has 66 valence electrons. The van der Waals surface area contributed by atoms with E-state index >= 15 is 0 Å². The Morgan fingerprint density at radius 2 is 2.36 bits per heavy atom. The topological polar surface area (TPSA) is 52.5 Å². The van der Waals surface area contributed by atoms with Crippen LogP contribution >= 0.6 is 0 Å². The Labute approximate surface area is 65.2 Å². The molecule has 0 spiro atoms. The highest BCUT2D eigenvalue weighted by Gasteiger charge is 2.42. The van der Waals surface area contributed by atoms with Crippen LogP contribution in [-0.2, 0) is 0 Å². The Bertz CT molecular complexity index is 144. The zero-order chi connectivity index (χ0) is 8.48. The minimum absolute atomic E-state index is 0.0490. The maximum absolute atomic E-state index is 12.3. The summed E-state index contributed by atoms with van der Waals surface area (Å²) in [7, 11) is 0. The molecule has 4 heteroatoms. The number of aliphatic hydroxyl groups is 2. The van der Waals surface area contributed by atoms with Crippen molar-refractivity contribution in [2.75, 3.05) is 13.3 Å². The third kappa shape index (κ3) is 1.52. The molecule has 1 rings (SSSR count). The van der Waals surface area contributed by atoms with Gasteiger partial charge in [-0.3, -0.25) is 0 Å². The number of hydrogen-bond acceptors (Lipinski definition) is 3. The predicted molar refractivity (Wildman–Crippen MR) is 39.0 cm³/mol.